The topological polar surface area (TPSA) is 105 Å². The van der Waals surface area contributed by atoms with Gasteiger partial charge in [-0.25, -0.2) is 9.59 Å². The van der Waals surface area contributed by atoms with E-state index in [0.717, 1.165) is 6.08 Å². The number of urea groups is 1. The molecular formula is C12H20N2O6. The summed E-state index contributed by atoms with van der Waals surface area (Å²) in [6.45, 7) is 1.55. The molecule has 0 radical (unpaired) electrons. The van der Waals surface area contributed by atoms with Crippen molar-refractivity contribution in [1.29, 1.82) is 0 Å². The summed E-state index contributed by atoms with van der Waals surface area (Å²) >= 11 is 0. The second kappa shape index (κ2) is 10.9. The summed E-state index contributed by atoms with van der Waals surface area (Å²) in [5, 5.41) is 10.4. The summed E-state index contributed by atoms with van der Waals surface area (Å²) in [5.41, 5.74) is 0. The number of carboxylic acid groups (broad SMARTS) is 1. The van der Waals surface area contributed by atoms with E-state index in [4.69, 9.17) is 14.6 Å². The maximum Gasteiger partial charge on any atom is 0.328 e. The Labute approximate surface area is 117 Å². The van der Waals surface area contributed by atoms with Crippen LogP contribution in [0.4, 0.5) is 4.79 Å². The van der Waals surface area contributed by atoms with Crippen molar-refractivity contribution in [3.05, 3.63) is 12.2 Å². The van der Waals surface area contributed by atoms with Gasteiger partial charge >= 0.3 is 12.0 Å². The van der Waals surface area contributed by atoms with Gasteiger partial charge in [0.05, 0.1) is 6.61 Å². The number of imide groups is 1. The summed E-state index contributed by atoms with van der Waals surface area (Å²) < 4.78 is 9.77. The lowest BCUT2D eigenvalue weighted by molar-refractivity contribution is -0.131. The van der Waals surface area contributed by atoms with Gasteiger partial charge in [0.2, 0.25) is 0 Å². The average Bonchev–Trinajstić information content (AvgIpc) is 2.40. The number of nitrogens with one attached hydrogen (secondary N) is 1. The number of amides is 3. The number of methoxy groups -OCH3 is 2. The van der Waals surface area contributed by atoms with Gasteiger partial charge in [-0.3, -0.25) is 10.1 Å². The van der Waals surface area contributed by atoms with Crippen LogP contribution in [0, 0.1) is 0 Å². The first-order valence-corrected chi connectivity index (χ1v) is 6.00. The molecule has 0 aliphatic carbocycles. The van der Waals surface area contributed by atoms with E-state index in [2.05, 4.69) is 5.32 Å². The highest BCUT2D eigenvalue weighted by Gasteiger charge is 2.14. The van der Waals surface area contributed by atoms with Crippen LogP contribution in [0.2, 0.25) is 0 Å². The highest BCUT2D eigenvalue weighted by atomic mass is 16.5. The second-order valence-corrected chi connectivity index (χ2v) is 3.79. The number of carbonyl (C=O) groups is 3. The Kier molecular flexibility index (Phi) is 9.89. The van der Waals surface area contributed by atoms with Crippen LogP contribution in [-0.2, 0) is 19.1 Å². The summed E-state index contributed by atoms with van der Waals surface area (Å²) in [4.78, 5) is 34.8. The highest BCUT2D eigenvalue weighted by Crippen LogP contribution is 1.94. The Morgan fingerprint density at radius 3 is 2.30 bits per heavy atom. The molecule has 8 heteroatoms. The first kappa shape index (κ1) is 18.1. The smallest absolute Gasteiger partial charge is 0.328 e. The Morgan fingerprint density at radius 2 is 1.75 bits per heavy atom. The third-order valence-corrected chi connectivity index (χ3v) is 2.24. The molecule has 0 saturated carbocycles. The zero-order valence-corrected chi connectivity index (χ0v) is 11.6. The first-order valence-electron chi connectivity index (χ1n) is 6.00. The maximum atomic E-state index is 11.8. The van der Waals surface area contributed by atoms with Crippen molar-refractivity contribution >= 4 is 17.9 Å². The van der Waals surface area contributed by atoms with Crippen molar-refractivity contribution < 1.29 is 29.0 Å². The molecule has 20 heavy (non-hydrogen) atoms. The summed E-state index contributed by atoms with van der Waals surface area (Å²) in [7, 11) is 3.06. The average molecular weight is 288 g/mol. The molecule has 0 unspecified atom stereocenters. The van der Waals surface area contributed by atoms with Gasteiger partial charge in [0.25, 0.3) is 5.91 Å². The second-order valence-electron chi connectivity index (χ2n) is 3.79. The SMILES string of the molecule is COCCCN(CCOC)C(=O)NC(=O)C=CC(=O)O. The number of carboxylic acids is 1. The molecule has 2 N–H and O–H groups in total. The normalized spacial score (nSPS) is 10.5. The van der Waals surface area contributed by atoms with Crippen LogP contribution in [0.15, 0.2) is 12.2 Å². The van der Waals surface area contributed by atoms with Gasteiger partial charge in [-0.05, 0) is 6.42 Å². The Bertz CT molecular complexity index is 356. The van der Waals surface area contributed by atoms with Crippen LogP contribution in [0.3, 0.4) is 0 Å². The number of hydrogen-bond donors (Lipinski definition) is 2. The standard InChI is InChI=1S/C12H20N2O6/c1-19-8-3-6-14(7-9-20-2)12(18)13-10(15)4-5-11(16)17/h4-5H,3,6-9H2,1-2H3,(H,16,17)(H,13,15,18). The fourth-order valence-electron chi connectivity index (χ4n) is 1.29. The fraction of sp³-hybridized carbons (Fsp3) is 0.583. The minimum atomic E-state index is -1.26. The molecule has 0 aliphatic rings. The van der Waals surface area contributed by atoms with Crippen LogP contribution in [-0.4, -0.2) is 68.4 Å². The van der Waals surface area contributed by atoms with E-state index in [-0.39, 0.29) is 0 Å². The van der Waals surface area contributed by atoms with Gasteiger partial charge in [0.15, 0.2) is 0 Å². The van der Waals surface area contributed by atoms with E-state index in [1.54, 1.807) is 7.11 Å². The molecule has 114 valence electrons. The molecule has 0 fully saturated rings. The molecule has 3 amide bonds. The molecule has 0 aliphatic heterocycles. The van der Waals surface area contributed by atoms with Crippen LogP contribution in [0.1, 0.15) is 6.42 Å². The molecule has 0 spiro atoms. The summed E-state index contributed by atoms with van der Waals surface area (Å²) in [6, 6.07) is -0.599. The van der Waals surface area contributed by atoms with Crippen LogP contribution < -0.4 is 5.32 Å². The van der Waals surface area contributed by atoms with Gasteiger partial charge in [0.1, 0.15) is 0 Å². The van der Waals surface area contributed by atoms with E-state index < -0.39 is 17.9 Å². The number of carbonyl (C=O) groups excluding carboxylic acids is 2. The van der Waals surface area contributed by atoms with Crippen LogP contribution >= 0.6 is 0 Å². The molecule has 0 bridgehead atoms. The van der Waals surface area contributed by atoms with E-state index >= 15 is 0 Å². The minimum absolute atomic E-state index is 0.321. The van der Waals surface area contributed by atoms with E-state index in [1.165, 1.54) is 12.0 Å². The third-order valence-electron chi connectivity index (χ3n) is 2.24. The van der Waals surface area contributed by atoms with Crippen molar-refractivity contribution in [2.24, 2.45) is 0 Å². The number of nitrogens with zero attached hydrogens (tertiary/aromatic N) is 1. The minimum Gasteiger partial charge on any atom is -0.478 e. The quantitative estimate of drug-likeness (QED) is 0.451. The van der Waals surface area contributed by atoms with E-state index in [1.807, 2.05) is 0 Å². The maximum absolute atomic E-state index is 11.8. The molecule has 0 saturated heterocycles. The molecule has 8 nitrogen and oxygen atoms in total. The Morgan fingerprint density at radius 1 is 1.10 bits per heavy atom. The molecule has 0 aromatic carbocycles. The van der Waals surface area contributed by atoms with Gasteiger partial charge in [0, 0.05) is 46.1 Å². The predicted molar refractivity (Wildman–Crippen MR) is 70.3 cm³/mol. The molecule has 0 rings (SSSR count). The zero-order valence-electron chi connectivity index (χ0n) is 11.6. The van der Waals surface area contributed by atoms with E-state index in [0.29, 0.717) is 38.8 Å². The predicted octanol–water partition coefficient (Wildman–Crippen LogP) is -0.152. The number of rotatable bonds is 9. The third kappa shape index (κ3) is 9.06. The number of aliphatic carboxylic acids is 1. The van der Waals surface area contributed by atoms with Crippen molar-refractivity contribution in [2.45, 2.75) is 6.42 Å². The van der Waals surface area contributed by atoms with E-state index in [9.17, 15) is 14.4 Å². The molecule has 0 aromatic rings. The summed E-state index contributed by atoms with van der Waals surface area (Å²) in [6.07, 6.45) is 2.06. The zero-order chi connectivity index (χ0) is 15.4. The van der Waals surface area contributed by atoms with Gasteiger partial charge in [-0.15, -0.1) is 0 Å². The van der Waals surface area contributed by atoms with Crippen molar-refractivity contribution in [3.63, 3.8) is 0 Å². The van der Waals surface area contributed by atoms with Gasteiger partial charge in [-0.1, -0.05) is 0 Å². The number of ether oxygens (including phenoxy) is 2. The van der Waals surface area contributed by atoms with Gasteiger partial charge < -0.3 is 19.5 Å². The van der Waals surface area contributed by atoms with Crippen molar-refractivity contribution in [1.82, 2.24) is 10.2 Å². The molecule has 0 aromatic heterocycles. The molecular weight excluding hydrogens is 268 g/mol. The Balaban J connectivity index is 4.36. The lowest BCUT2D eigenvalue weighted by atomic mass is 10.4. The molecule has 0 heterocycles. The van der Waals surface area contributed by atoms with Crippen molar-refractivity contribution in [2.75, 3.05) is 40.5 Å². The number of hydrogen-bond acceptors (Lipinski definition) is 5. The lowest BCUT2D eigenvalue weighted by Crippen LogP contribution is -2.44. The van der Waals surface area contributed by atoms with Crippen LogP contribution in [0.5, 0.6) is 0 Å². The Hall–Kier alpha value is -1.93. The molecule has 0 atom stereocenters. The first-order chi connectivity index (χ1) is 9.51. The van der Waals surface area contributed by atoms with Crippen LogP contribution in [0.25, 0.3) is 0 Å². The van der Waals surface area contributed by atoms with Crippen molar-refractivity contribution in [3.8, 4) is 0 Å². The monoisotopic (exact) mass is 288 g/mol. The largest absolute Gasteiger partial charge is 0.478 e. The fourth-order valence-corrected chi connectivity index (χ4v) is 1.29. The summed E-state index contributed by atoms with van der Waals surface area (Å²) in [5.74, 6) is -2.05. The lowest BCUT2D eigenvalue weighted by Gasteiger charge is -2.21. The highest BCUT2D eigenvalue weighted by molar-refractivity contribution is 6.02. The van der Waals surface area contributed by atoms with Gasteiger partial charge in [-0.2, -0.15) is 0 Å².